The fourth-order valence-electron chi connectivity index (χ4n) is 3.00. The second-order valence-corrected chi connectivity index (χ2v) is 5.42. The molecule has 116 valence electrons. The molecule has 0 saturated heterocycles. The summed E-state index contributed by atoms with van der Waals surface area (Å²) in [6.45, 7) is 3.83. The molecule has 0 aromatic heterocycles. The molecule has 4 heteroatoms. The van der Waals surface area contributed by atoms with Gasteiger partial charge in [-0.3, -0.25) is 9.59 Å². The molecule has 1 unspecified atom stereocenters. The summed E-state index contributed by atoms with van der Waals surface area (Å²) in [6, 6.07) is 9.78. The predicted octanol–water partition coefficient (Wildman–Crippen LogP) is 3.00. The highest BCUT2D eigenvalue weighted by Gasteiger charge is 2.54. The lowest BCUT2D eigenvalue weighted by atomic mass is 9.85. The Kier molecular flexibility index (Phi) is 4.81. The molecule has 1 saturated carbocycles. The summed E-state index contributed by atoms with van der Waals surface area (Å²) in [5.41, 5.74) is 0.732. The van der Waals surface area contributed by atoms with E-state index in [-0.39, 0.29) is 12.3 Å². The topological polar surface area (TPSA) is 52.6 Å². The molecule has 1 fully saturated rings. The Hall–Kier alpha value is -2.36. The molecule has 0 bridgehead atoms. The number of allylic oxidation sites excluding steroid dienone is 2. The molecule has 1 aliphatic carbocycles. The van der Waals surface area contributed by atoms with Gasteiger partial charge >= 0.3 is 11.9 Å². The first-order chi connectivity index (χ1) is 10.6. The normalized spacial score (nSPS) is 21.4. The van der Waals surface area contributed by atoms with Crippen LogP contribution < -0.4 is 0 Å². The van der Waals surface area contributed by atoms with Gasteiger partial charge in [-0.1, -0.05) is 48.1 Å². The monoisotopic (exact) mass is 300 g/mol. The number of rotatable bonds is 4. The number of carbonyl (C=O) groups is 2. The standard InChI is InChI=1S/C18H20O4/c1-4-14-11-18(16(19)21-2,17(20)22-3)12-15(14)10-13-8-6-5-7-9-13/h4-10,14H,1,11-12H2,2-3H3/b15-10+. The maximum atomic E-state index is 12.2. The second kappa shape index (κ2) is 6.60. The van der Waals surface area contributed by atoms with E-state index in [0.717, 1.165) is 11.1 Å². The van der Waals surface area contributed by atoms with Crippen LogP contribution >= 0.6 is 0 Å². The van der Waals surface area contributed by atoms with Crippen molar-refractivity contribution in [3.8, 4) is 0 Å². The molecule has 0 amide bonds. The number of ether oxygens (including phenoxy) is 2. The van der Waals surface area contributed by atoms with Crippen LogP contribution in [0.15, 0.2) is 48.6 Å². The van der Waals surface area contributed by atoms with Gasteiger partial charge < -0.3 is 9.47 Å². The SMILES string of the molecule is C=CC1CC(C(=O)OC)(C(=O)OC)C/C1=C\c1ccccc1. The van der Waals surface area contributed by atoms with Gasteiger partial charge in [0.05, 0.1) is 14.2 Å². The van der Waals surface area contributed by atoms with E-state index in [1.807, 2.05) is 36.4 Å². The van der Waals surface area contributed by atoms with Gasteiger partial charge in [0.1, 0.15) is 0 Å². The Morgan fingerprint density at radius 2 is 1.77 bits per heavy atom. The van der Waals surface area contributed by atoms with Crippen molar-refractivity contribution >= 4 is 18.0 Å². The summed E-state index contributed by atoms with van der Waals surface area (Å²) < 4.78 is 9.70. The van der Waals surface area contributed by atoms with Gasteiger partial charge in [0, 0.05) is 0 Å². The van der Waals surface area contributed by atoms with Crippen molar-refractivity contribution in [2.75, 3.05) is 14.2 Å². The van der Waals surface area contributed by atoms with Gasteiger partial charge in [-0.2, -0.15) is 0 Å². The van der Waals surface area contributed by atoms with Crippen molar-refractivity contribution in [2.45, 2.75) is 12.8 Å². The average Bonchev–Trinajstić information content (AvgIpc) is 2.94. The van der Waals surface area contributed by atoms with E-state index in [2.05, 4.69) is 6.58 Å². The van der Waals surface area contributed by atoms with Crippen molar-refractivity contribution in [3.05, 3.63) is 54.1 Å². The minimum absolute atomic E-state index is 0.0570. The molecule has 4 nitrogen and oxygen atoms in total. The highest BCUT2D eigenvalue weighted by molar-refractivity contribution is 6.01. The molecule has 1 aromatic carbocycles. The van der Waals surface area contributed by atoms with E-state index < -0.39 is 17.4 Å². The van der Waals surface area contributed by atoms with Gasteiger partial charge in [0.25, 0.3) is 0 Å². The van der Waals surface area contributed by atoms with Gasteiger partial charge in [-0.15, -0.1) is 6.58 Å². The summed E-state index contributed by atoms with van der Waals surface area (Å²) in [7, 11) is 2.57. The number of methoxy groups -OCH3 is 2. The Labute approximate surface area is 130 Å². The molecule has 0 heterocycles. The van der Waals surface area contributed by atoms with Crippen molar-refractivity contribution in [3.63, 3.8) is 0 Å². The zero-order chi connectivity index (χ0) is 16.2. The van der Waals surface area contributed by atoms with E-state index in [9.17, 15) is 9.59 Å². The molecule has 1 aromatic rings. The zero-order valence-electron chi connectivity index (χ0n) is 12.9. The van der Waals surface area contributed by atoms with Crippen LogP contribution in [0.3, 0.4) is 0 Å². The maximum Gasteiger partial charge on any atom is 0.323 e. The van der Waals surface area contributed by atoms with Gasteiger partial charge in [-0.05, 0) is 24.3 Å². The van der Waals surface area contributed by atoms with Crippen LogP contribution in [0.4, 0.5) is 0 Å². The molecule has 1 atom stereocenters. The Morgan fingerprint density at radius 3 is 2.27 bits per heavy atom. The Balaban J connectivity index is 2.42. The second-order valence-electron chi connectivity index (χ2n) is 5.42. The smallest absolute Gasteiger partial charge is 0.323 e. The lowest BCUT2D eigenvalue weighted by Crippen LogP contribution is -2.39. The largest absolute Gasteiger partial charge is 0.468 e. The minimum Gasteiger partial charge on any atom is -0.468 e. The number of benzene rings is 1. The van der Waals surface area contributed by atoms with E-state index in [1.165, 1.54) is 14.2 Å². The number of hydrogen-bond donors (Lipinski definition) is 0. The molecular weight excluding hydrogens is 280 g/mol. The highest BCUT2D eigenvalue weighted by atomic mass is 16.5. The summed E-state index contributed by atoms with van der Waals surface area (Å²) in [6.07, 6.45) is 4.38. The lowest BCUT2D eigenvalue weighted by molar-refractivity contribution is -0.168. The first kappa shape index (κ1) is 16.0. The van der Waals surface area contributed by atoms with E-state index >= 15 is 0 Å². The van der Waals surface area contributed by atoms with Crippen molar-refractivity contribution in [2.24, 2.45) is 11.3 Å². The first-order valence-corrected chi connectivity index (χ1v) is 7.12. The van der Waals surface area contributed by atoms with Crippen LogP contribution in [0, 0.1) is 11.3 Å². The number of carbonyl (C=O) groups excluding carboxylic acids is 2. The van der Waals surface area contributed by atoms with Crippen molar-refractivity contribution < 1.29 is 19.1 Å². The van der Waals surface area contributed by atoms with Gasteiger partial charge in [-0.25, -0.2) is 0 Å². The Bertz CT molecular complexity index is 585. The van der Waals surface area contributed by atoms with Crippen LogP contribution in [0.1, 0.15) is 18.4 Å². The molecule has 1 aliphatic rings. The third-order valence-electron chi connectivity index (χ3n) is 4.14. The zero-order valence-corrected chi connectivity index (χ0v) is 12.9. The van der Waals surface area contributed by atoms with Crippen LogP contribution in [0.25, 0.3) is 6.08 Å². The quantitative estimate of drug-likeness (QED) is 0.487. The van der Waals surface area contributed by atoms with Crippen LogP contribution in [0.5, 0.6) is 0 Å². The van der Waals surface area contributed by atoms with Crippen molar-refractivity contribution in [1.82, 2.24) is 0 Å². The van der Waals surface area contributed by atoms with Crippen molar-refractivity contribution in [1.29, 1.82) is 0 Å². The molecule has 22 heavy (non-hydrogen) atoms. The third-order valence-corrected chi connectivity index (χ3v) is 4.14. The number of hydrogen-bond acceptors (Lipinski definition) is 4. The predicted molar refractivity (Wildman–Crippen MR) is 83.8 cm³/mol. The molecular formula is C18H20O4. The molecule has 0 aliphatic heterocycles. The lowest BCUT2D eigenvalue weighted by Gasteiger charge is -2.22. The number of esters is 2. The van der Waals surface area contributed by atoms with Gasteiger partial charge in [0.15, 0.2) is 5.41 Å². The summed E-state index contributed by atoms with van der Waals surface area (Å²) >= 11 is 0. The van der Waals surface area contributed by atoms with Gasteiger partial charge in [0.2, 0.25) is 0 Å². The maximum absolute atomic E-state index is 12.2. The molecule has 2 rings (SSSR count). The summed E-state index contributed by atoms with van der Waals surface area (Å²) in [5.74, 6) is -1.16. The molecule has 0 N–H and O–H groups in total. The van der Waals surface area contributed by atoms with Crippen LogP contribution in [-0.2, 0) is 19.1 Å². The van der Waals surface area contributed by atoms with Crippen LogP contribution in [0.2, 0.25) is 0 Å². The van der Waals surface area contributed by atoms with E-state index in [1.54, 1.807) is 6.08 Å². The van der Waals surface area contributed by atoms with E-state index in [4.69, 9.17) is 9.47 Å². The highest BCUT2D eigenvalue weighted by Crippen LogP contribution is 2.48. The molecule has 0 spiro atoms. The summed E-state index contributed by atoms with van der Waals surface area (Å²) in [5, 5.41) is 0. The minimum atomic E-state index is -1.27. The Morgan fingerprint density at radius 1 is 1.18 bits per heavy atom. The van der Waals surface area contributed by atoms with Crippen LogP contribution in [-0.4, -0.2) is 26.2 Å². The average molecular weight is 300 g/mol. The van der Waals surface area contributed by atoms with E-state index in [0.29, 0.717) is 6.42 Å². The summed E-state index contributed by atoms with van der Waals surface area (Å²) in [4.78, 5) is 24.4. The fraction of sp³-hybridized carbons (Fsp3) is 0.333. The first-order valence-electron chi connectivity index (χ1n) is 7.12. The third kappa shape index (κ3) is 2.82. The fourth-order valence-corrected chi connectivity index (χ4v) is 3.00. The molecule has 0 radical (unpaired) electrons.